The molecule has 2 saturated carbocycles. The molecule has 2 nitrogen and oxygen atoms in total. The van der Waals surface area contributed by atoms with Crippen LogP contribution in [0.2, 0.25) is 0 Å². The molecule has 0 aliphatic heterocycles. The summed E-state index contributed by atoms with van der Waals surface area (Å²) in [7, 11) is 0. The Hall–Kier alpha value is -1.57. The highest BCUT2D eigenvalue weighted by Gasteiger charge is 2.52. The van der Waals surface area contributed by atoms with Crippen molar-refractivity contribution in [2.45, 2.75) is 44.9 Å². The lowest BCUT2D eigenvalue weighted by Gasteiger charge is -2.43. The average molecular weight is 268 g/mol. The maximum absolute atomic E-state index is 12.2. The molecule has 0 heterocycles. The molecular formula is C18H20O2. The van der Waals surface area contributed by atoms with Crippen molar-refractivity contribution in [3.05, 3.63) is 41.0 Å². The molecule has 20 heavy (non-hydrogen) atoms. The fourth-order valence-corrected chi connectivity index (χ4v) is 4.73. The predicted octanol–water partition coefficient (Wildman–Crippen LogP) is 3.74. The molecule has 0 unspecified atom stereocenters. The summed E-state index contributed by atoms with van der Waals surface area (Å²) in [6, 6.07) is 5.79. The van der Waals surface area contributed by atoms with E-state index < -0.39 is 0 Å². The van der Waals surface area contributed by atoms with E-state index in [1.165, 1.54) is 16.7 Å². The van der Waals surface area contributed by atoms with Gasteiger partial charge in [0.05, 0.1) is 0 Å². The lowest BCUT2D eigenvalue weighted by atomic mass is 9.60. The fraction of sp³-hybridized carbons (Fsp3) is 0.500. The molecule has 1 aromatic carbocycles. The third-order valence-corrected chi connectivity index (χ3v) is 5.88. The largest absolute Gasteiger partial charge is 0.508 e. The van der Waals surface area contributed by atoms with Crippen molar-refractivity contribution in [2.24, 2.45) is 11.3 Å². The molecule has 0 bridgehead atoms. The second-order valence-electron chi connectivity index (χ2n) is 6.81. The molecule has 0 amide bonds. The number of carbonyl (C=O) groups excluding carboxylic acids is 1. The zero-order valence-electron chi connectivity index (χ0n) is 11.9. The third kappa shape index (κ3) is 1.48. The van der Waals surface area contributed by atoms with E-state index in [1.54, 1.807) is 6.07 Å². The van der Waals surface area contributed by atoms with E-state index in [9.17, 15) is 9.90 Å². The molecule has 1 aromatic rings. The maximum Gasteiger partial charge on any atom is 0.139 e. The Balaban J connectivity index is 1.77. The van der Waals surface area contributed by atoms with Crippen molar-refractivity contribution in [3.63, 3.8) is 0 Å². The van der Waals surface area contributed by atoms with Gasteiger partial charge in [-0.15, -0.1) is 0 Å². The van der Waals surface area contributed by atoms with Gasteiger partial charge in [0.1, 0.15) is 11.5 Å². The van der Waals surface area contributed by atoms with Gasteiger partial charge in [-0.2, -0.15) is 0 Å². The minimum atomic E-state index is -0.100. The first kappa shape index (κ1) is 12.2. The molecule has 2 heteroatoms. The topological polar surface area (TPSA) is 37.3 Å². The number of phenols is 1. The van der Waals surface area contributed by atoms with E-state index in [4.69, 9.17) is 0 Å². The minimum absolute atomic E-state index is 0.100. The van der Waals surface area contributed by atoms with Crippen LogP contribution in [0.3, 0.4) is 0 Å². The molecule has 0 aromatic heterocycles. The molecule has 3 atom stereocenters. The highest BCUT2D eigenvalue weighted by molar-refractivity contribution is 5.88. The highest BCUT2D eigenvalue weighted by atomic mass is 16.3. The van der Waals surface area contributed by atoms with Gasteiger partial charge in [0.25, 0.3) is 0 Å². The molecule has 0 spiro atoms. The van der Waals surface area contributed by atoms with Crippen molar-refractivity contribution in [1.29, 1.82) is 0 Å². The van der Waals surface area contributed by atoms with Crippen LogP contribution in [0.5, 0.6) is 5.75 Å². The molecule has 104 valence electrons. The first-order valence-electron chi connectivity index (χ1n) is 7.64. The summed E-state index contributed by atoms with van der Waals surface area (Å²) < 4.78 is 0. The Morgan fingerprint density at radius 2 is 2.15 bits per heavy atom. The van der Waals surface area contributed by atoms with Crippen molar-refractivity contribution in [2.75, 3.05) is 0 Å². The number of hydrogen-bond donors (Lipinski definition) is 1. The summed E-state index contributed by atoms with van der Waals surface area (Å²) in [4.78, 5) is 12.2. The molecule has 4 rings (SSSR count). The van der Waals surface area contributed by atoms with Crippen molar-refractivity contribution in [1.82, 2.24) is 0 Å². The van der Waals surface area contributed by atoms with Gasteiger partial charge in [-0.1, -0.05) is 24.6 Å². The van der Waals surface area contributed by atoms with Gasteiger partial charge in [0, 0.05) is 17.8 Å². The van der Waals surface area contributed by atoms with E-state index in [1.807, 2.05) is 6.07 Å². The van der Waals surface area contributed by atoms with Crippen LogP contribution in [0, 0.1) is 11.3 Å². The normalized spacial score (nSPS) is 35.0. The number of Topliss-reactive ketones (excluding diaryl/α,β-unsaturated/α-hetero) is 1. The smallest absolute Gasteiger partial charge is 0.139 e. The summed E-state index contributed by atoms with van der Waals surface area (Å²) in [5, 5.41) is 9.64. The van der Waals surface area contributed by atoms with E-state index in [-0.39, 0.29) is 5.41 Å². The summed E-state index contributed by atoms with van der Waals surface area (Å²) in [6.07, 6.45) is 7.11. The first-order valence-corrected chi connectivity index (χ1v) is 7.64. The average Bonchev–Trinajstić information content (AvgIpc) is 2.74. The van der Waals surface area contributed by atoms with Crippen LogP contribution < -0.4 is 0 Å². The van der Waals surface area contributed by atoms with Gasteiger partial charge < -0.3 is 5.11 Å². The molecule has 0 saturated heterocycles. The fourth-order valence-electron chi connectivity index (χ4n) is 4.73. The summed E-state index contributed by atoms with van der Waals surface area (Å²) in [5.74, 6) is 1.76. The molecule has 0 radical (unpaired) electrons. The Bertz CT molecular complexity index is 628. The van der Waals surface area contributed by atoms with Gasteiger partial charge in [-0.25, -0.2) is 0 Å². The third-order valence-electron chi connectivity index (χ3n) is 5.88. The van der Waals surface area contributed by atoms with E-state index in [2.05, 4.69) is 19.1 Å². The number of allylic oxidation sites excluding steroid dienone is 2. The SMILES string of the molecule is C[C@@]12CC[C@@H]3C(=CCc4cc(O)ccc43)[C@H]1CCC2=O. The van der Waals surface area contributed by atoms with Crippen LogP contribution in [0.25, 0.3) is 0 Å². The van der Waals surface area contributed by atoms with Crippen molar-refractivity contribution < 1.29 is 9.90 Å². The maximum atomic E-state index is 12.2. The van der Waals surface area contributed by atoms with Crippen LogP contribution in [-0.2, 0) is 11.2 Å². The zero-order valence-corrected chi connectivity index (χ0v) is 11.9. The van der Waals surface area contributed by atoms with Gasteiger partial charge >= 0.3 is 0 Å². The van der Waals surface area contributed by atoms with Gasteiger partial charge in [0.15, 0.2) is 0 Å². The Morgan fingerprint density at radius 3 is 3.00 bits per heavy atom. The molecule has 2 fully saturated rings. The van der Waals surface area contributed by atoms with Crippen LogP contribution in [0.4, 0.5) is 0 Å². The van der Waals surface area contributed by atoms with Gasteiger partial charge in [0.2, 0.25) is 0 Å². The van der Waals surface area contributed by atoms with Crippen molar-refractivity contribution >= 4 is 5.78 Å². The molecule has 3 aliphatic carbocycles. The monoisotopic (exact) mass is 268 g/mol. The number of aromatic hydroxyl groups is 1. The second kappa shape index (κ2) is 3.97. The lowest BCUT2D eigenvalue weighted by Crippen LogP contribution is -2.37. The highest BCUT2D eigenvalue weighted by Crippen LogP contribution is 2.57. The lowest BCUT2D eigenvalue weighted by molar-refractivity contribution is -0.126. The number of fused-ring (bicyclic) bond motifs is 5. The zero-order chi connectivity index (χ0) is 13.9. The second-order valence-corrected chi connectivity index (χ2v) is 6.81. The van der Waals surface area contributed by atoms with E-state index in [0.29, 0.717) is 23.4 Å². The van der Waals surface area contributed by atoms with E-state index in [0.717, 1.165) is 32.1 Å². The number of ketones is 1. The number of hydrogen-bond acceptors (Lipinski definition) is 2. The summed E-state index contributed by atoms with van der Waals surface area (Å²) in [6.45, 7) is 2.18. The molecule has 3 aliphatic rings. The standard InChI is InChI=1S/C18H20O2/c1-18-9-8-14-13-5-3-12(19)10-11(13)2-4-15(14)16(18)6-7-17(18)20/h3-5,10,14,16,19H,2,6-9H2,1H3/t14-,16+,18+/m0/s1. The van der Waals surface area contributed by atoms with E-state index >= 15 is 0 Å². The number of phenolic OH excluding ortho intramolecular Hbond substituents is 1. The summed E-state index contributed by atoms with van der Waals surface area (Å²) >= 11 is 0. The molecular weight excluding hydrogens is 248 g/mol. The van der Waals surface area contributed by atoms with Crippen LogP contribution >= 0.6 is 0 Å². The van der Waals surface area contributed by atoms with Gasteiger partial charge in [-0.3, -0.25) is 4.79 Å². The van der Waals surface area contributed by atoms with Crippen molar-refractivity contribution in [3.8, 4) is 5.75 Å². The Morgan fingerprint density at radius 1 is 1.30 bits per heavy atom. The minimum Gasteiger partial charge on any atom is -0.508 e. The first-order chi connectivity index (χ1) is 9.59. The van der Waals surface area contributed by atoms with Gasteiger partial charge in [-0.05, 0) is 54.9 Å². The number of benzene rings is 1. The quantitative estimate of drug-likeness (QED) is 0.728. The Kier molecular flexibility index (Phi) is 2.42. The number of rotatable bonds is 0. The Labute approximate surface area is 119 Å². The molecule has 1 N–H and O–H groups in total. The summed E-state index contributed by atoms with van der Waals surface area (Å²) in [5.41, 5.74) is 4.03. The predicted molar refractivity (Wildman–Crippen MR) is 77.7 cm³/mol. The van der Waals surface area contributed by atoms with Crippen LogP contribution in [-0.4, -0.2) is 10.9 Å². The van der Waals surface area contributed by atoms with Crippen LogP contribution in [0.15, 0.2) is 29.8 Å². The van der Waals surface area contributed by atoms with Crippen LogP contribution in [0.1, 0.15) is 49.7 Å². The number of carbonyl (C=O) groups is 1.